The molecule has 2 rings (SSSR count). The third-order valence-corrected chi connectivity index (χ3v) is 4.15. The molecule has 1 amide bonds. The standard InChI is InChI=1S/C19H27N3O2/c1-14(23)18(12-21-9-4-10-22-13-19(20)24)17-8-7-15-5-2-3-6-16(15)11-17/h2-3,5-8,11,14,18,21-23H,4,9-10,12-13H2,1H3,(H2,20,24). The Labute approximate surface area is 143 Å². The molecule has 2 aromatic carbocycles. The monoisotopic (exact) mass is 329 g/mol. The summed E-state index contributed by atoms with van der Waals surface area (Å²) in [5.41, 5.74) is 6.21. The van der Waals surface area contributed by atoms with E-state index in [1.807, 2.05) is 19.1 Å². The van der Waals surface area contributed by atoms with Gasteiger partial charge in [-0.2, -0.15) is 0 Å². The molecule has 0 aliphatic carbocycles. The molecule has 0 fully saturated rings. The molecule has 0 aliphatic heterocycles. The van der Waals surface area contributed by atoms with Crippen molar-refractivity contribution in [2.24, 2.45) is 5.73 Å². The third-order valence-electron chi connectivity index (χ3n) is 4.15. The minimum Gasteiger partial charge on any atom is -0.393 e. The number of aliphatic hydroxyl groups excluding tert-OH is 1. The first kappa shape index (κ1) is 18.4. The minimum absolute atomic E-state index is 0.0492. The SMILES string of the molecule is CC(O)C(CNCCCNCC(N)=O)c1ccc2ccccc2c1. The molecule has 5 N–H and O–H groups in total. The van der Waals surface area contributed by atoms with Crippen LogP contribution in [0.15, 0.2) is 42.5 Å². The molecule has 2 atom stereocenters. The summed E-state index contributed by atoms with van der Waals surface area (Å²) >= 11 is 0. The van der Waals surface area contributed by atoms with E-state index in [2.05, 4.69) is 41.0 Å². The lowest BCUT2D eigenvalue weighted by atomic mass is 9.92. The number of benzene rings is 2. The van der Waals surface area contributed by atoms with Gasteiger partial charge in [0.2, 0.25) is 5.91 Å². The number of nitrogens with one attached hydrogen (secondary N) is 2. The Morgan fingerprint density at radius 3 is 2.54 bits per heavy atom. The van der Waals surface area contributed by atoms with Gasteiger partial charge in [0.25, 0.3) is 0 Å². The molecule has 0 bridgehead atoms. The molecule has 5 heteroatoms. The zero-order chi connectivity index (χ0) is 17.4. The van der Waals surface area contributed by atoms with Crippen molar-refractivity contribution in [3.05, 3.63) is 48.0 Å². The summed E-state index contributed by atoms with van der Waals surface area (Å²) in [7, 11) is 0. The first-order chi connectivity index (χ1) is 11.6. The number of fused-ring (bicyclic) bond motifs is 1. The van der Waals surface area contributed by atoms with Gasteiger partial charge in [0, 0.05) is 12.5 Å². The van der Waals surface area contributed by atoms with Crippen molar-refractivity contribution < 1.29 is 9.90 Å². The van der Waals surface area contributed by atoms with Gasteiger partial charge in [-0.3, -0.25) is 4.79 Å². The zero-order valence-corrected chi connectivity index (χ0v) is 14.2. The summed E-state index contributed by atoms with van der Waals surface area (Å²) in [6.45, 7) is 4.32. The van der Waals surface area contributed by atoms with Crippen molar-refractivity contribution in [2.75, 3.05) is 26.2 Å². The van der Waals surface area contributed by atoms with E-state index in [9.17, 15) is 9.90 Å². The fourth-order valence-electron chi connectivity index (χ4n) is 2.81. The fraction of sp³-hybridized carbons (Fsp3) is 0.421. The van der Waals surface area contributed by atoms with Gasteiger partial charge < -0.3 is 21.5 Å². The Balaban J connectivity index is 1.86. The Kier molecular flexibility index (Phi) is 7.18. The Morgan fingerprint density at radius 2 is 1.83 bits per heavy atom. The van der Waals surface area contributed by atoms with Crippen LogP contribution in [0, 0.1) is 0 Å². The number of primary amides is 1. The highest BCUT2D eigenvalue weighted by Crippen LogP contribution is 2.24. The van der Waals surface area contributed by atoms with E-state index in [0.717, 1.165) is 25.1 Å². The highest BCUT2D eigenvalue weighted by molar-refractivity contribution is 5.83. The van der Waals surface area contributed by atoms with Crippen LogP contribution in [0.2, 0.25) is 0 Å². The van der Waals surface area contributed by atoms with Crippen LogP contribution in [-0.4, -0.2) is 43.3 Å². The highest BCUT2D eigenvalue weighted by Gasteiger charge is 2.17. The van der Waals surface area contributed by atoms with Gasteiger partial charge in [0.15, 0.2) is 0 Å². The molecule has 0 aromatic heterocycles. The van der Waals surface area contributed by atoms with Crippen LogP contribution >= 0.6 is 0 Å². The first-order valence-corrected chi connectivity index (χ1v) is 8.44. The molecule has 0 aliphatic rings. The Bertz CT molecular complexity index is 658. The largest absolute Gasteiger partial charge is 0.393 e. The number of nitrogens with two attached hydrogens (primary N) is 1. The summed E-state index contributed by atoms with van der Waals surface area (Å²) < 4.78 is 0. The molecule has 0 spiro atoms. The van der Waals surface area contributed by atoms with E-state index < -0.39 is 6.10 Å². The van der Waals surface area contributed by atoms with Crippen LogP contribution < -0.4 is 16.4 Å². The highest BCUT2D eigenvalue weighted by atomic mass is 16.3. The van der Waals surface area contributed by atoms with Gasteiger partial charge in [-0.25, -0.2) is 0 Å². The van der Waals surface area contributed by atoms with Crippen molar-refractivity contribution in [1.82, 2.24) is 10.6 Å². The van der Waals surface area contributed by atoms with Crippen LogP contribution in [0.25, 0.3) is 10.8 Å². The van der Waals surface area contributed by atoms with Crippen molar-refractivity contribution in [3.8, 4) is 0 Å². The second-order valence-corrected chi connectivity index (χ2v) is 6.15. The average Bonchev–Trinajstić information content (AvgIpc) is 2.56. The van der Waals surface area contributed by atoms with E-state index in [1.165, 1.54) is 10.8 Å². The maximum Gasteiger partial charge on any atom is 0.231 e. The van der Waals surface area contributed by atoms with Gasteiger partial charge in [0.1, 0.15) is 0 Å². The molecule has 2 unspecified atom stereocenters. The fourth-order valence-corrected chi connectivity index (χ4v) is 2.81. The molecular weight excluding hydrogens is 302 g/mol. The molecule has 0 saturated heterocycles. The predicted octanol–water partition coefficient (Wildman–Crippen LogP) is 1.36. The number of carbonyl (C=O) groups excluding carboxylic acids is 1. The molecule has 130 valence electrons. The molecule has 0 heterocycles. The smallest absolute Gasteiger partial charge is 0.231 e. The number of hydrogen-bond acceptors (Lipinski definition) is 4. The van der Waals surface area contributed by atoms with Gasteiger partial charge in [-0.05, 0) is 42.8 Å². The summed E-state index contributed by atoms with van der Waals surface area (Å²) in [5.74, 6) is -0.290. The van der Waals surface area contributed by atoms with Gasteiger partial charge in [-0.1, -0.05) is 42.5 Å². The van der Waals surface area contributed by atoms with Crippen molar-refractivity contribution in [1.29, 1.82) is 0 Å². The van der Waals surface area contributed by atoms with Gasteiger partial charge in [-0.15, -0.1) is 0 Å². The maximum absolute atomic E-state index is 10.6. The summed E-state index contributed by atoms with van der Waals surface area (Å²) in [6.07, 6.45) is 0.476. The van der Waals surface area contributed by atoms with Crippen LogP contribution in [0.3, 0.4) is 0 Å². The molecule has 5 nitrogen and oxygen atoms in total. The van der Waals surface area contributed by atoms with Crippen LogP contribution in [0.1, 0.15) is 24.8 Å². The predicted molar refractivity (Wildman–Crippen MR) is 97.9 cm³/mol. The van der Waals surface area contributed by atoms with E-state index in [1.54, 1.807) is 0 Å². The van der Waals surface area contributed by atoms with Crippen LogP contribution in [0.4, 0.5) is 0 Å². The van der Waals surface area contributed by atoms with E-state index in [0.29, 0.717) is 6.54 Å². The summed E-state index contributed by atoms with van der Waals surface area (Å²) in [4.78, 5) is 10.6. The van der Waals surface area contributed by atoms with Crippen molar-refractivity contribution >= 4 is 16.7 Å². The first-order valence-electron chi connectivity index (χ1n) is 8.44. The van der Waals surface area contributed by atoms with E-state index >= 15 is 0 Å². The number of aliphatic hydroxyl groups is 1. The molecule has 0 radical (unpaired) electrons. The number of hydrogen-bond donors (Lipinski definition) is 4. The lowest BCUT2D eigenvalue weighted by Gasteiger charge is -2.21. The summed E-state index contributed by atoms with van der Waals surface area (Å²) in [5, 5.41) is 18.9. The molecule has 0 saturated carbocycles. The maximum atomic E-state index is 10.6. The van der Waals surface area contributed by atoms with Gasteiger partial charge in [0.05, 0.1) is 12.6 Å². The molecule has 24 heavy (non-hydrogen) atoms. The Morgan fingerprint density at radius 1 is 1.12 bits per heavy atom. The lowest BCUT2D eigenvalue weighted by molar-refractivity contribution is -0.117. The van der Waals surface area contributed by atoms with Crippen LogP contribution in [0.5, 0.6) is 0 Å². The number of amides is 1. The zero-order valence-electron chi connectivity index (χ0n) is 14.2. The number of rotatable bonds is 10. The number of carbonyl (C=O) groups is 1. The quantitative estimate of drug-likeness (QED) is 0.496. The van der Waals surface area contributed by atoms with Crippen molar-refractivity contribution in [2.45, 2.75) is 25.4 Å². The normalized spacial score (nSPS) is 13.8. The Hall–Kier alpha value is -1.95. The topological polar surface area (TPSA) is 87.4 Å². The molecule has 2 aromatic rings. The van der Waals surface area contributed by atoms with E-state index in [4.69, 9.17) is 5.73 Å². The molecular formula is C19H27N3O2. The van der Waals surface area contributed by atoms with Crippen molar-refractivity contribution in [3.63, 3.8) is 0 Å². The minimum atomic E-state index is -0.424. The van der Waals surface area contributed by atoms with Gasteiger partial charge >= 0.3 is 0 Å². The average molecular weight is 329 g/mol. The lowest BCUT2D eigenvalue weighted by Crippen LogP contribution is -2.32. The van der Waals surface area contributed by atoms with E-state index in [-0.39, 0.29) is 18.4 Å². The second kappa shape index (κ2) is 9.37. The van der Waals surface area contributed by atoms with Crippen LogP contribution in [-0.2, 0) is 4.79 Å². The third kappa shape index (κ3) is 5.60. The summed E-state index contributed by atoms with van der Waals surface area (Å²) in [6, 6.07) is 14.6. The second-order valence-electron chi connectivity index (χ2n) is 6.15.